The van der Waals surface area contributed by atoms with Crippen LogP contribution in [0.3, 0.4) is 0 Å². The van der Waals surface area contributed by atoms with Gasteiger partial charge in [0.25, 0.3) is 0 Å². The Morgan fingerprint density at radius 1 is 1.50 bits per heavy atom. The third kappa shape index (κ3) is 2.03. The fraction of sp³-hybridized carbons (Fsp3) is 0.875. The number of hydrogen-bond donors (Lipinski definition) is 0. The molecule has 0 spiro atoms. The highest BCUT2D eigenvalue weighted by atomic mass is 16.8. The van der Waals surface area contributed by atoms with Crippen LogP contribution in [0, 0.1) is 5.92 Å². The lowest BCUT2D eigenvalue weighted by atomic mass is 10.0. The first kappa shape index (κ1) is 9.64. The Hall–Kier alpha value is -0.450. The third-order valence-electron chi connectivity index (χ3n) is 2.01. The predicted octanol–water partition coefficient (Wildman–Crippen LogP) is 0.468. The maximum Gasteiger partial charge on any atom is 0.198 e. The van der Waals surface area contributed by atoms with Crippen LogP contribution in [0.1, 0.15) is 12.8 Å². The predicted molar refractivity (Wildman–Crippen MR) is 41.1 cm³/mol. The number of hydrogen-bond acceptors (Lipinski definition) is 4. The second kappa shape index (κ2) is 4.54. The summed E-state index contributed by atoms with van der Waals surface area (Å²) in [6, 6.07) is 0. The van der Waals surface area contributed by atoms with E-state index in [9.17, 15) is 4.79 Å². The number of ether oxygens (including phenoxy) is 3. The zero-order chi connectivity index (χ0) is 8.97. The number of rotatable bonds is 4. The first-order valence-electron chi connectivity index (χ1n) is 3.88. The van der Waals surface area contributed by atoms with Crippen molar-refractivity contribution in [3.05, 3.63) is 0 Å². The fourth-order valence-corrected chi connectivity index (χ4v) is 1.36. The molecular weight excluding hydrogens is 160 g/mol. The Morgan fingerprint density at radius 3 is 2.75 bits per heavy atom. The quantitative estimate of drug-likeness (QED) is 0.619. The van der Waals surface area contributed by atoms with Crippen molar-refractivity contribution in [3.8, 4) is 0 Å². The van der Waals surface area contributed by atoms with Crippen molar-refractivity contribution in [1.82, 2.24) is 0 Å². The summed E-state index contributed by atoms with van der Waals surface area (Å²) >= 11 is 0. The average Bonchev–Trinajstić information content (AvgIpc) is 2.48. The maximum absolute atomic E-state index is 10.1. The minimum absolute atomic E-state index is 0.0810. The SMILES string of the molecule is COC1CC(C[C]=O)C(OC)O1. The van der Waals surface area contributed by atoms with Gasteiger partial charge in [-0.25, -0.2) is 0 Å². The Morgan fingerprint density at radius 2 is 2.25 bits per heavy atom. The zero-order valence-corrected chi connectivity index (χ0v) is 7.28. The van der Waals surface area contributed by atoms with Gasteiger partial charge in [0.05, 0.1) is 0 Å². The molecule has 0 N–H and O–H groups in total. The van der Waals surface area contributed by atoms with Crippen LogP contribution in [-0.2, 0) is 19.0 Å². The molecule has 3 unspecified atom stereocenters. The van der Waals surface area contributed by atoms with Crippen LogP contribution in [0.15, 0.2) is 0 Å². The van der Waals surface area contributed by atoms with E-state index in [1.54, 1.807) is 14.2 Å². The van der Waals surface area contributed by atoms with E-state index in [2.05, 4.69) is 0 Å². The first-order chi connectivity index (χ1) is 5.81. The molecule has 1 radical (unpaired) electrons. The van der Waals surface area contributed by atoms with E-state index in [1.165, 1.54) is 0 Å². The van der Waals surface area contributed by atoms with Crippen molar-refractivity contribution in [2.24, 2.45) is 5.92 Å². The van der Waals surface area contributed by atoms with E-state index >= 15 is 0 Å². The largest absolute Gasteiger partial charge is 0.356 e. The number of methoxy groups -OCH3 is 2. The minimum Gasteiger partial charge on any atom is -0.356 e. The number of carbonyl (C=O) groups excluding carboxylic acids is 1. The van der Waals surface area contributed by atoms with Crippen LogP contribution in [0.2, 0.25) is 0 Å². The fourth-order valence-electron chi connectivity index (χ4n) is 1.36. The van der Waals surface area contributed by atoms with Gasteiger partial charge in [-0.05, 0) is 0 Å². The molecule has 3 atom stereocenters. The lowest BCUT2D eigenvalue weighted by molar-refractivity contribution is -0.192. The molecule has 0 aromatic rings. The molecule has 0 amide bonds. The summed E-state index contributed by atoms with van der Waals surface area (Å²) in [5.74, 6) is 0.0810. The summed E-state index contributed by atoms with van der Waals surface area (Å²) in [4.78, 5) is 10.1. The van der Waals surface area contributed by atoms with Crippen molar-refractivity contribution in [3.63, 3.8) is 0 Å². The molecule has 0 saturated carbocycles. The van der Waals surface area contributed by atoms with E-state index in [-0.39, 0.29) is 18.5 Å². The minimum atomic E-state index is -0.323. The highest BCUT2D eigenvalue weighted by Crippen LogP contribution is 2.28. The van der Waals surface area contributed by atoms with Gasteiger partial charge in [0.1, 0.15) is 0 Å². The van der Waals surface area contributed by atoms with Gasteiger partial charge in [0, 0.05) is 33.0 Å². The smallest absolute Gasteiger partial charge is 0.198 e. The summed E-state index contributed by atoms with van der Waals surface area (Å²) in [6.45, 7) is 0. The molecule has 0 aliphatic carbocycles. The molecule has 4 heteroatoms. The van der Waals surface area contributed by atoms with Crippen LogP contribution >= 0.6 is 0 Å². The van der Waals surface area contributed by atoms with Crippen molar-refractivity contribution in [2.45, 2.75) is 25.4 Å². The van der Waals surface area contributed by atoms with Gasteiger partial charge in [-0.15, -0.1) is 0 Å². The summed E-state index contributed by atoms with van der Waals surface area (Å²) in [6.07, 6.45) is 2.33. The van der Waals surface area contributed by atoms with E-state index in [0.717, 1.165) is 0 Å². The molecule has 0 aromatic carbocycles. The monoisotopic (exact) mass is 173 g/mol. The van der Waals surface area contributed by atoms with Gasteiger partial charge >= 0.3 is 0 Å². The lowest BCUT2D eigenvalue weighted by Crippen LogP contribution is -2.18. The van der Waals surface area contributed by atoms with E-state index < -0.39 is 0 Å². The van der Waals surface area contributed by atoms with Crippen molar-refractivity contribution in [2.75, 3.05) is 14.2 Å². The summed E-state index contributed by atoms with van der Waals surface area (Å²) < 4.78 is 15.3. The van der Waals surface area contributed by atoms with Crippen LogP contribution in [0.25, 0.3) is 0 Å². The van der Waals surface area contributed by atoms with Crippen LogP contribution in [0.4, 0.5) is 0 Å². The first-order valence-corrected chi connectivity index (χ1v) is 3.88. The van der Waals surface area contributed by atoms with Crippen molar-refractivity contribution >= 4 is 6.29 Å². The third-order valence-corrected chi connectivity index (χ3v) is 2.01. The van der Waals surface area contributed by atoms with Gasteiger partial charge < -0.3 is 14.2 Å². The van der Waals surface area contributed by atoms with Gasteiger partial charge in [-0.1, -0.05) is 0 Å². The highest BCUT2D eigenvalue weighted by molar-refractivity contribution is 5.50. The van der Waals surface area contributed by atoms with Crippen LogP contribution < -0.4 is 0 Å². The van der Waals surface area contributed by atoms with Gasteiger partial charge in [-0.3, -0.25) is 4.79 Å². The molecule has 1 aliphatic rings. The van der Waals surface area contributed by atoms with Crippen molar-refractivity contribution < 1.29 is 19.0 Å². The molecule has 0 bridgehead atoms. The normalized spacial score (nSPS) is 35.3. The Bertz CT molecular complexity index is 148. The summed E-state index contributed by atoms with van der Waals surface area (Å²) in [5.41, 5.74) is 0. The molecule has 0 aromatic heterocycles. The summed E-state index contributed by atoms with van der Waals surface area (Å²) in [5, 5.41) is 0. The highest BCUT2D eigenvalue weighted by Gasteiger charge is 2.35. The lowest BCUT2D eigenvalue weighted by Gasteiger charge is -2.13. The van der Waals surface area contributed by atoms with Crippen LogP contribution in [-0.4, -0.2) is 33.1 Å². The molecule has 12 heavy (non-hydrogen) atoms. The Balaban J connectivity index is 2.44. The van der Waals surface area contributed by atoms with E-state index in [0.29, 0.717) is 12.8 Å². The second-order valence-electron chi connectivity index (χ2n) is 2.75. The van der Waals surface area contributed by atoms with Gasteiger partial charge in [0.15, 0.2) is 18.9 Å². The topological polar surface area (TPSA) is 44.8 Å². The molecule has 4 nitrogen and oxygen atoms in total. The molecule has 1 aliphatic heterocycles. The van der Waals surface area contributed by atoms with Crippen molar-refractivity contribution in [1.29, 1.82) is 0 Å². The Labute approximate surface area is 71.8 Å². The second-order valence-corrected chi connectivity index (χ2v) is 2.75. The van der Waals surface area contributed by atoms with Gasteiger partial charge in [0.2, 0.25) is 0 Å². The average molecular weight is 173 g/mol. The summed E-state index contributed by atoms with van der Waals surface area (Å²) in [7, 11) is 3.13. The molecule has 1 rings (SSSR count). The molecule has 1 fully saturated rings. The standard InChI is InChI=1S/C8H13O4/c1-10-7-5-6(3-4-9)8(11-2)12-7/h6-8H,3,5H2,1-2H3. The molecule has 69 valence electrons. The van der Waals surface area contributed by atoms with E-state index in [1.807, 2.05) is 6.29 Å². The molecule has 1 saturated heterocycles. The van der Waals surface area contributed by atoms with Crippen LogP contribution in [0.5, 0.6) is 0 Å². The van der Waals surface area contributed by atoms with Gasteiger partial charge in [-0.2, -0.15) is 0 Å². The molecular formula is C8H13O4. The maximum atomic E-state index is 10.1. The zero-order valence-electron chi connectivity index (χ0n) is 7.28. The Kier molecular flexibility index (Phi) is 3.65. The van der Waals surface area contributed by atoms with E-state index in [4.69, 9.17) is 14.2 Å². The molecule has 1 heterocycles.